The van der Waals surface area contributed by atoms with Gasteiger partial charge < -0.3 is 15.8 Å². The van der Waals surface area contributed by atoms with Crippen LogP contribution in [0.2, 0.25) is 5.15 Å². The number of halogens is 5. The molecule has 0 spiro atoms. The molecule has 0 saturated heterocycles. The molecule has 136 valence electrons. The summed E-state index contributed by atoms with van der Waals surface area (Å²) in [6.45, 7) is 0.428. The lowest BCUT2D eigenvalue weighted by molar-refractivity contribution is -0.274. The normalized spacial score (nSPS) is 11.6. The zero-order valence-corrected chi connectivity index (χ0v) is 15.8. The number of anilines is 1. The van der Waals surface area contributed by atoms with Crippen LogP contribution in [0.5, 0.6) is 5.75 Å². The molecule has 0 saturated carbocycles. The third-order valence-electron chi connectivity index (χ3n) is 2.83. The van der Waals surface area contributed by atoms with Crippen molar-refractivity contribution in [2.45, 2.75) is 12.8 Å². The minimum atomic E-state index is -4.72. The van der Waals surface area contributed by atoms with Crippen LogP contribution in [0.25, 0.3) is 0 Å². The van der Waals surface area contributed by atoms with Crippen LogP contribution in [0.4, 0.5) is 18.9 Å². The van der Waals surface area contributed by atoms with E-state index >= 15 is 0 Å². The van der Waals surface area contributed by atoms with Crippen molar-refractivity contribution in [3.05, 3.63) is 53.3 Å². The van der Waals surface area contributed by atoms with Crippen LogP contribution in [0.3, 0.4) is 0 Å². The maximum atomic E-state index is 12.1. The molecule has 5 nitrogen and oxygen atoms in total. The molecule has 2 rings (SSSR count). The highest BCUT2D eigenvalue weighted by Crippen LogP contribution is 2.23. The molecule has 0 aliphatic rings. The van der Waals surface area contributed by atoms with Crippen molar-refractivity contribution in [1.82, 2.24) is 4.98 Å². The van der Waals surface area contributed by atoms with Gasteiger partial charge in [-0.3, -0.25) is 4.99 Å². The topological polar surface area (TPSA) is 72.5 Å². The number of nitrogens with two attached hydrogens (primary N) is 1. The lowest BCUT2D eigenvalue weighted by atomic mass is 10.2. The second-order valence-electron chi connectivity index (χ2n) is 4.70. The molecule has 25 heavy (non-hydrogen) atoms. The highest BCUT2D eigenvalue weighted by atomic mass is 127. The Morgan fingerprint density at radius 3 is 2.44 bits per heavy atom. The molecule has 0 fully saturated rings. The summed E-state index contributed by atoms with van der Waals surface area (Å²) in [5, 5.41) is 3.20. The van der Waals surface area contributed by atoms with Crippen molar-refractivity contribution >= 4 is 47.2 Å². The summed E-state index contributed by atoms with van der Waals surface area (Å²) >= 11 is 5.69. The van der Waals surface area contributed by atoms with Crippen molar-refractivity contribution in [2.24, 2.45) is 10.7 Å². The van der Waals surface area contributed by atoms with Crippen LogP contribution < -0.4 is 15.8 Å². The first-order valence-electron chi connectivity index (χ1n) is 6.85. The molecule has 1 aromatic carbocycles. The highest BCUT2D eigenvalue weighted by molar-refractivity contribution is 14.0. The molecule has 0 bridgehead atoms. The van der Waals surface area contributed by atoms with Crippen molar-refractivity contribution in [3.63, 3.8) is 0 Å². The van der Waals surface area contributed by atoms with E-state index in [1.54, 1.807) is 12.3 Å². The standard InChI is InChI=1S/C15H14ClF3N4O.HI/c16-13-6-1-10(9-22-13)7-8-21-14(20)23-11-2-4-12(5-3-11)24-15(17,18)19;/h1-6,9H,7-8H2,(H3,20,21,23);1H. The lowest BCUT2D eigenvalue weighted by Crippen LogP contribution is -2.23. The van der Waals surface area contributed by atoms with Gasteiger partial charge in [-0.15, -0.1) is 37.1 Å². The van der Waals surface area contributed by atoms with Gasteiger partial charge in [-0.25, -0.2) is 4.98 Å². The number of hydrogen-bond acceptors (Lipinski definition) is 3. The summed E-state index contributed by atoms with van der Waals surface area (Å²) < 4.78 is 40.0. The molecule has 0 aliphatic carbocycles. The highest BCUT2D eigenvalue weighted by Gasteiger charge is 2.30. The quantitative estimate of drug-likeness (QED) is 0.287. The Kier molecular flexibility index (Phi) is 8.23. The van der Waals surface area contributed by atoms with Gasteiger partial charge in [0.15, 0.2) is 5.96 Å². The minimum absolute atomic E-state index is 0. The predicted molar refractivity (Wildman–Crippen MR) is 102 cm³/mol. The summed E-state index contributed by atoms with van der Waals surface area (Å²) in [5.74, 6) is -0.153. The Labute approximate surface area is 164 Å². The predicted octanol–water partition coefficient (Wildman–Crippen LogP) is 4.22. The summed E-state index contributed by atoms with van der Waals surface area (Å²) in [6, 6.07) is 8.71. The van der Waals surface area contributed by atoms with Crippen molar-refractivity contribution < 1.29 is 17.9 Å². The van der Waals surface area contributed by atoms with Crippen LogP contribution in [-0.4, -0.2) is 23.9 Å². The van der Waals surface area contributed by atoms with Crippen molar-refractivity contribution in [3.8, 4) is 5.75 Å². The molecule has 0 unspecified atom stereocenters. The number of benzene rings is 1. The second kappa shape index (κ2) is 9.66. The van der Waals surface area contributed by atoms with Crippen molar-refractivity contribution in [2.75, 3.05) is 11.9 Å². The van der Waals surface area contributed by atoms with Crippen LogP contribution in [0, 0.1) is 0 Å². The minimum Gasteiger partial charge on any atom is -0.406 e. The van der Waals surface area contributed by atoms with Gasteiger partial charge in [0.05, 0.1) is 0 Å². The van der Waals surface area contributed by atoms with Crippen LogP contribution in [0.1, 0.15) is 5.56 Å². The molecule has 0 radical (unpaired) electrons. The van der Waals surface area contributed by atoms with E-state index in [0.29, 0.717) is 23.8 Å². The number of rotatable bonds is 5. The number of guanidine groups is 1. The van der Waals surface area contributed by atoms with Gasteiger partial charge >= 0.3 is 6.36 Å². The Morgan fingerprint density at radius 2 is 1.88 bits per heavy atom. The van der Waals surface area contributed by atoms with E-state index in [2.05, 4.69) is 20.0 Å². The van der Waals surface area contributed by atoms with Gasteiger partial charge in [-0.1, -0.05) is 17.7 Å². The number of aromatic nitrogens is 1. The van der Waals surface area contributed by atoms with E-state index in [-0.39, 0.29) is 35.7 Å². The van der Waals surface area contributed by atoms with Gasteiger partial charge in [0.25, 0.3) is 0 Å². The van der Waals surface area contributed by atoms with Gasteiger partial charge in [-0.05, 0) is 42.3 Å². The Hall–Kier alpha value is -1.75. The average Bonchev–Trinajstić information content (AvgIpc) is 2.50. The fraction of sp³-hybridized carbons (Fsp3) is 0.200. The number of aliphatic imine (C=N–C) groups is 1. The number of nitrogens with zero attached hydrogens (tertiary/aromatic N) is 2. The maximum Gasteiger partial charge on any atom is 0.573 e. The molecule has 1 aromatic heterocycles. The summed E-state index contributed by atoms with van der Waals surface area (Å²) in [7, 11) is 0. The summed E-state index contributed by atoms with van der Waals surface area (Å²) in [6.07, 6.45) is -2.43. The average molecular weight is 487 g/mol. The largest absolute Gasteiger partial charge is 0.573 e. The lowest BCUT2D eigenvalue weighted by Gasteiger charge is -2.10. The molecule has 0 atom stereocenters. The Balaban J connectivity index is 0.00000312. The third-order valence-corrected chi connectivity index (χ3v) is 3.06. The summed E-state index contributed by atoms with van der Waals surface area (Å²) in [4.78, 5) is 8.09. The molecular weight excluding hydrogens is 472 g/mol. The van der Waals surface area contributed by atoms with Crippen LogP contribution >= 0.6 is 35.6 Å². The Bertz CT molecular complexity index is 693. The van der Waals surface area contributed by atoms with E-state index in [4.69, 9.17) is 17.3 Å². The first-order valence-corrected chi connectivity index (χ1v) is 7.23. The third kappa shape index (κ3) is 8.25. The van der Waals surface area contributed by atoms with Crippen LogP contribution in [-0.2, 0) is 6.42 Å². The van der Waals surface area contributed by atoms with E-state index < -0.39 is 6.36 Å². The smallest absolute Gasteiger partial charge is 0.406 e. The Morgan fingerprint density at radius 1 is 1.20 bits per heavy atom. The van der Waals surface area contributed by atoms with E-state index in [9.17, 15) is 13.2 Å². The molecule has 2 aromatic rings. The van der Waals surface area contributed by atoms with Gasteiger partial charge in [0.1, 0.15) is 10.9 Å². The number of alkyl halides is 3. The first kappa shape index (κ1) is 21.3. The summed E-state index contributed by atoms with van der Waals surface area (Å²) in [5.41, 5.74) is 7.19. The molecule has 10 heteroatoms. The van der Waals surface area contributed by atoms with Crippen LogP contribution in [0.15, 0.2) is 47.6 Å². The zero-order chi connectivity index (χ0) is 17.6. The number of ether oxygens (including phenoxy) is 1. The SMILES string of the molecule is I.NC(=NCCc1ccc(Cl)nc1)Nc1ccc(OC(F)(F)F)cc1. The second-order valence-corrected chi connectivity index (χ2v) is 5.09. The van der Waals surface area contributed by atoms with Gasteiger partial charge in [0, 0.05) is 18.4 Å². The fourth-order valence-corrected chi connectivity index (χ4v) is 1.90. The maximum absolute atomic E-state index is 12.1. The molecule has 1 heterocycles. The molecule has 3 N–H and O–H groups in total. The van der Waals surface area contributed by atoms with E-state index in [1.165, 1.54) is 24.3 Å². The molecule has 0 amide bonds. The number of hydrogen-bond donors (Lipinski definition) is 2. The van der Waals surface area contributed by atoms with E-state index in [1.807, 2.05) is 6.07 Å². The molecule has 0 aliphatic heterocycles. The zero-order valence-electron chi connectivity index (χ0n) is 12.8. The van der Waals surface area contributed by atoms with Crippen molar-refractivity contribution in [1.29, 1.82) is 0 Å². The van der Waals surface area contributed by atoms with E-state index in [0.717, 1.165) is 5.56 Å². The van der Waals surface area contributed by atoms with Gasteiger partial charge in [-0.2, -0.15) is 0 Å². The first-order chi connectivity index (χ1) is 11.3. The van der Waals surface area contributed by atoms with Gasteiger partial charge in [0.2, 0.25) is 0 Å². The number of nitrogens with one attached hydrogen (secondary N) is 1. The fourth-order valence-electron chi connectivity index (χ4n) is 1.79. The monoisotopic (exact) mass is 486 g/mol. The molecular formula is C15H15ClF3IN4O. The number of pyridine rings is 1.